The van der Waals surface area contributed by atoms with Crippen LogP contribution in [-0.4, -0.2) is 29.5 Å². The summed E-state index contributed by atoms with van der Waals surface area (Å²) in [7, 11) is 1.74. The van der Waals surface area contributed by atoms with Crippen LogP contribution >= 0.6 is 0 Å². The fourth-order valence-corrected chi connectivity index (χ4v) is 1.49. The van der Waals surface area contributed by atoms with Crippen molar-refractivity contribution in [3.8, 4) is 0 Å². The maximum absolute atomic E-state index is 10.8. The average molecular weight is 224 g/mol. The van der Waals surface area contributed by atoms with E-state index in [4.69, 9.17) is 11.6 Å². The first-order valence-corrected chi connectivity index (χ1v) is 4.90. The lowest BCUT2D eigenvalue weighted by Gasteiger charge is -2.20. The Morgan fingerprint density at radius 2 is 2.25 bits per heavy atom. The Labute approximate surface area is 93.8 Å². The van der Waals surface area contributed by atoms with E-state index in [1.54, 1.807) is 11.9 Å². The van der Waals surface area contributed by atoms with Crippen molar-refractivity contribution in [2.24, 2.45) is 11.6 Å². The van der Waals surface area contributed by atoms with E-state index in [9.17, 15) is 4.79 Å². The third-order valence-electron chi connectivity index (χ3n) is 2.17. The summed E-state index contributed by atoms with van der Waals surface area (Å²) in [5, 5.41) is 0. The number of hydrogen-bond donors (Lipinski definition) is 3. The topological polar surface area (TPSA) is 110 Å². The number of rotatable bonds is 5. The minimum atomic E-state index is -0.412. The van der Waals surface area contributed by atoms with Crippen molar-refractivity contribution in [2.45, 2.75) is 13.3 Å². The number of carbonyl (C=O) groups excluding carboxylic acids is 1. The smallest absolute Gasteiger partial charge is 0.236 e. The Bertz CT molecular complexity index is 380. The van der Waals surface area contributed by atoms with Gasteiger partial charge in [-0.3, -0.25) is 4.79 Å². The third kappa shape index (κ3) is 2.57. The molecule has 0 aliphatic heterocycles. The highest BCUT2D eigenvalue weighted by Crippen LogP contribution is 2.21. The fraction of sp³-hybridized carbons (Fsp3) is 0.444. The summed E-state index contributed by atoms with van der Waals surface area (Å²) >= 11 is 0. The molecule has 0 aromatic carbocycles. The SMILES string of the molecule is CCc1c(NN)ncnc1N(C)CC(N)=O. The highest BCUT2D eigenvalue weighted by atomic mass is 16.1. The molecule has 88 valence electrons. The molecule has 0 bridgehead atoms. The number of hydrazine groups is 1. The van der Waals surface area contributed by atoms with Crippen LogP contribution < -0.4 is 21.9 Å². The molecule has 1 rings (SSSR count). The van der Waals surface area contributed by atoms with E-state index < -0.39 is 5.91 Å². The summed E-state index contributed by atoms with van der Waals surface area (Å²) in [5.41, 5.74) is 8.48. The Balaban J connectivity index is 3.07. The molecule has 5 N–H and O–H groups in total. The Morgan fingerprint density at radius 1 is 1.56 bits per heavy atom. The predicted molar refractivity (Wildman–Crippen MR) is 61.7 cm³/mol. The number of hydrogen-bond acceptors (Lipinski definition) is 6. The van der Waals surface area contributed by atoms with Crippen molar-refractivity contribution in [1.29, 1.82) is 0 Å². The molecule has 0 spiro atoms. The van der Waals surface area contributed by atoms with Gasteiger partial charge < -0.3 is 16.1 Å². The monoisotopic (exact) mass is 224 g/mol. The quantitative estimate of drug-likeness (QED) is 0.448. The first-order chi connectivity index (χ1) is 7.60. The summed E-state index contributed by atoms with van der Waals surface area (Å²) in [5.74, 6) is 6.15. The molecule has 0 radical (unpaired) electrons. The van der Waals surface area contributed by atoms with Crippen LogP contribution in [0.4, 0.5) is 11.6 Å². The van der Waals surface area contributed by atoms with Gasteiger partial charge in [0.1, 0.15) is 18.0 Å². The highest BCUT2D eigenvalue weighted by Gasteiger charge is 2.13. The molecule has 0 fully saturated rings. The van der Waals surface area contributed by atoms with Crippen LogP contribution in [0.3, 0.4) is 0 Å². The van der Waals surface area contributed by atoms with Gasteiger partial charge in [-0.1, -0.05) is 6.92 Å². The van der Waals surface area contributed by atoms with Crippen molar-refractivity contribution in [3.63, 3.8) is 0 Å². The number of nitrogens with two attached hydrogens (primary N) is 2. The standard InChI is InChI=1S/C9H16N6O/c1-3-6-8(14-11)12-5-13-9(6)15(2)4-7(10)16/h5H,3-4,11H2,1-2H3,(H2,10,16)(H,12,13,14). The maximum Gasteiger partial charge on any atom is 0.236 e. The van der Waals surface area contributed by atoms with Gasteiger partial charge in [-0.15, -0.1) is 0 Å². The Morgan fingerprint density at radius 3 is 2.75 bits per heavy atom. The summed E-state index contributed by atoms with van der Waals surface area (Å²) < 4.78 is 0. The number of nitrogens with zero attached hydrogens (tertiary/aromatic N) is 3. The van der Waals surface area contributed by atoms with Crippen LogP contribution in [0.2, 0.25) is 0 Å². The highest BCUT2D eigenvalue weighted by molar-refractivity contribution is 5.79. The number of amides is 1. The first kappa shape index (κ1) is 12.2. The van der Waals surface area contributed by atoms with Gasteiger partial charge in [0, 0.05) is 12.6 Å². The van der Waals surface area contributed by atoms with E-state index in [0.29, 0.717) is 18.1 Å². The van der Waals surface area contributed by atoms with Gasteiger partial charge in [0.05, 0.1) is 6.54 Å². The van der Waals surface area contributed by atoms with Crippen molar-refractivity contribution in [2.75, 3.05) is 23.9 Å². The average Bonchev–Trinajstić information content (AvgIpc) is 2.26. The summed E-state index contributed by atoms with van der Waals surface area (Å²) in [4.78, 5) is 20.6. The largest absolute Gasteiger partial charge is 0.368 e. The van der Waals surface area contributed by atoms with Gasteiger partial charge in [0.25, 0.3) is 0 Å². The zero-order chi connectivity index (χ0) is 12.1. The minimum absolute atomic E-state index is 0.105. The normalized spacial score (nSPS) is 9.94. The lowest BCUT2D eigenvalue weighted by atomic mass is 10.2. The van der Waals surface area contributed by atoms with E-state index in [2.05, 4.69) is 15.4 Å². The number of anilines is 2. The molecule has 0 aliphatic rings. The maximum atomic E-state index is 10.8. The number of primary amides is 1. The first-order valence-electron chi connectivity index (χ1n) is 4.90. The molecule has 0 aliphatic carbocycles. The van der Waals surface area contributed by atoms with Gasteiger partial charge in [0.2, 0.25) is 5.91 Å². The molecule has 0 atom stereocenters. The zero-order valence-corrected chi connectivity index (χ0v) is 9.40. The van der Waals surface area contributed by atoms with E-state index in [-0.39, 0.29) is 6.54 Å². The van der Waals surface area contributed by atoms with Gasteiger partial charge in [-0.25, -0.2) is 15.8 Å². The van der Waals surface area contributed by atoms with E-state index >= 15 is 0 Å². The molecule has 1 heterocycles. The lowest BCUT2D eigenvalue weighted by molar-refractivity contribution is -0.116. The molecule has 0 saturated heterocycles. The lowest BCUT2D eigenvalue weighted by Crippen LogP contribution is -2.32. The second kappa shape index (κ2) is 5.26. The van der Waals surface area contributed by atoms with Gasteiger partial charge in [0.15, 0.2) is 0 Å². The van der Waals surface area contributed by atoms with Crippen molar-refractivity contribution in [3.05, 3.63) is 11.9 Å². The van der Waals surface area contributed by atoms with Crippen LogP contribution in [0.5, 0.6) is 0 Å². The molecule has 7 heteroatoms. The van der Waals surface area contributed by atoms with Crippen molar-refractivity contribution < 1.29 is 4.79 Å². The van der Waals surface area contributed by atoms with Crippen LogP contribution in [0.25, 0.3) is 0 Å². The van der Waals surface area contributed by atoms with E-state index in [0.717, 1.165) is 5.56 Å². The fourth-order valence-electron chi connectivity index (χ4n) is 1.49. The Kier molecular flexibility index (Phi) is 4.01. The van der Waals surface area contributed by atoms with Crippen molar-refractivity contribution in [1.82, 2.24) is 9.97 Å². The number of aromatic nitrogens is 2. The zero-order valence-electron chi connectivity index (χ0n) is 9.40. The van der Waals surface area contributed by atoms with Crippen LogP contribution in [0, 0.1) is 0 Å². The molecule has 16 heavy (non-hydrogen) atoms. The third-order valence-corrected chi connectivity index (χ3v) is 2.17. The van der Waals surface area contributed by atoms with Crippen LogP contribution in [0.15, 0.2) is 6.33 Å². The van der Waals surface area contributed by atoms with Crippen molar-refractivity contribution >= 4 is 17.5 Å². The number of nitrogen functional groups attached to an aromatic ring is 1. The summed E-state index contributed by atoms with van der Waals surface area (Å²) in [6, 6.07) is 0. The molecular formula is C9H16N6O. The Hall–Kier alpha value is -1.89. The van der Waals surface area contributed by atoms with E-state index in [1.165, 1.54) is 6.33 Å². The van der Waals surface area contributed by atoms with E-state index in [1.807, 2.05) is 6.92 Å². The molecule has 1 amide bonds. The second-order valence-corrected chi connectivity index (χ2v) is 3.34. The molecule has 7 nitrogen and oxygen atoms in total. The second-order valence-electron chi connectivity index (χ2n) is 3.34. The van der Waals surface area contributed by atoms with Crippen LogP contribution in [0.1, 0.15) is 12.5 Å². The number of likely N-dealkylation sites (N-methyl/N-ethyl adjacent to an activating group) is 1. The number of carbonyl (C=O) groups is 1. The van der Waals surface area contributed by atoms with Gasteiger partial charge in [-0.2, -0.15) is 0 Å². The molecule has 1 aromatic heterocycles. The number of nitrogens with one attached hydrogen (secondary N) is 1. The van der Waals surface area contributed by atoms with Gasteiger partial charge >= 0.3 is 0 Å². The minimum Gasteiger partial charge on any atom is -0.368 e. The summed E-state index contributed by atoms with van der Waals surface area (Å²) in [6.07, 6.45) is 2.10. The molecular weight excluding hydrogens is 208 g/mol. The van der Waals surface area contributed by atoms with Gasteiger partial charge in [-0.05, 0) is 6.42 Å². The predicted octanol–water partition coefficient (Wildman–Crippen LogP) is -0.754. The molecule has 0 saturated carbocycles. The molecule has 0 unspecified atom stereocenters. The van der Waals surface area contributed by atoms with Crippen LogP contribution in [-0.2, 0) is 11.2 Å². The summed E-state index contributed by atoms with van der Waals surface area (Å²) in [6.45, 7) is 2.06. The molecule has 1 aromatic rings.